The molecule has 0 aliphatic rings. The average molecular weight is 247 g/mol. The smallest absolute Gasteiger partial charge is 0.168 e. The van der Waals surface area contributed by atoms with E-state index in [1.807, 2.05) is 36.7 Å². The van der Waals surface area contributed by atoms with Crippen molar-refractivity contribution in [2.45, 2.75) is 6.92 Å². The molecule has 5 nitrogen and oxygen atoms in total. The SMILES string of the molecule is Cc1c(NC(N)=S)cccc1-c1nncn1C. The third-order valence-corrected chi connectivity index (χ3v) is 2.65. The summed E-state index contributed by atoms with van der Waals surface area (Å²) in [6.45, 7) is 1.99. The molecule has 1 aromatic heterocycles. The van der Waals surface area contributed by atoms with Gasteiger partial charge in [-0.15, -0.1) is 10.2 Å². The molecule has 0 unspecified atom stereocenters. The Kier molecular flexibility index (Phi) is 3.06. The standard InChI is InChI=1S/C11H13N5S/c1-7-8(10-15-13-6-16(10)2)4-3-5-9(7)14-11(12)17/h3-6H,1-2H3,(H3,12,14,17). The van der Waals surface area contributed by atoms with Crippen molar-refractivity contribution in [2.24, 2.45) is 12.8 Å². The first-order valence-corrected chi connectivity index (χ1v) is 5.51. The van der Waals surface area contributed by atoms with E-state index in [0.717, 1.165) is 22.6 Å². The Labute approximate surface area is 105 Å². The topological polar surface area (TPSA) is 68.8 Å². The molecule has 0 aliphatic heterocycles. The molecule has 2 rings (SSSR count). The number of nitrogens with one attached hydrogen (secondary N) is 1. The fourth-order valence-electron chi connectivity index (χ4n) is 1.67. The summed E-state index contributed by atoms with van der Waals surface area (Å²) in [5.41, 5.74) is 8.41. The molecule has 0 atom stereocenters. The Bertz CT molecular complexity index is 561. The largest absolute Gasteiger partial charge is 0.376 e. The lowest BCUT2D eigenvalue weighted by Gasteiger charge is -2.11. The Balaban J connectivity index is 2.50. The zero-order valence-corrected chi connectivity index (χ0v) is 10.5. The van der Waals surface area contributed by atoms with Crippen LogP contribution in [0.4, 0.5) is 5.69 Å². The molecule has 1 heterocycles. The second kappa shape index (κ2) is 4.50. The molecule has 0 radical (unpaired) electrons. The second-order valence-corrected chi connectivity index (χ2v) is 4.17. The molecule has 17 heavy (non-hydrogen) atoms. The van der Waals surface area contributed by atoms with Gasteiger partial charge in [0, 0.05) is 18.3 Å². The van der Waals surface area contributed by atoms with E-state index in [0.29, 0.717) is 0 Å². The maximum atomic E-state index is 5.48. The van der Waals surface area contributed by atoms with Gasteiger partial charge in [-0.2, -0.15) is 0 Å². The van der Waals surface area contributed by atoms with Gasteiger partial charge in [-0.1, -0.05) is 12.1 Å². The average Bonchev–Trinajstić information content (AvgIpc) is 2.67. The van der Waals surface area contributed by atoms with Gasteiger partial charge in [-0.05, 0) is 30.8 Å². The highest BCUT2D eigenvalue weighted by atomic mass is 32.1. The summed E-state index contributed by atoms with van der Waals surface area (Å²) in [5.74, 6) is 0.814. The maximum Gasteiger partial charge on any atom is 0.168 e. The van der Waals surface area contributed by atoms with Crippen molar-refractivity contribution in [1.29, 1.82) is 0 Å². The number of hydrogen-bond donors (Lipinski definition) is 2. The van der Waals surface area contributed by atoms with Crippen LogP contribution in [0, 0.1) is 6.92 Å². The zero-order valence-electron chi connectivity index (χ0n) is 9.64. The molecule has 0 saturated carbocycles. The predicted molar refractivity (Wildman–Crippen MR) is 71.6 cm³/mol. The number of aryl methyl sites for hydroxylation is 1. The molecule has 0 fully saturated rings. The number of benzene rings is 1. The van der Waals surface area contributed by atoms with E-state index < -0.39 is 0 Å². The molecule has 0 saturated heterocycles. The lowest BCUT2D eigenvalue weighted by Crippen LogP contribution is -2.19. The molecular formula is C11H13N5S. The van der Waals surface area contributed by atoms with Crippen LogP contribution in [0.5, 0.6) is 0 Å². The maximum absolute atomic E-state index is 5.48. The molecule has 88 valence electrons. The summed E-state index contributed by atoms with van der Waals surface area (Å²) in [7, 11) is 1.91. The van der Waals surface area contributed by atoms with Gasteiger partial charge in [0.2, 0.25) is 0 Å². The normalized spacial score (nSPS) is 10.2. The van der Waals surface area contributed by atoms with Gasteiger partial charge in [0.1, 0.15) is 6.33 Å². The van der Waals surface area contributed by atoms with E-state index in [-0.39, 0.29) is 5.11 Å². The number of hydrogen-bond acceptors (Lipinski definition) is 3. The van der Waals surface area contributed by atoms with Gasteiger partial charge in [0.25, 0.3) is 0 Å². The summed E-state index contributed by atoms with van der Waals surface area (Å²) in [6.07, 6.45) is 1.67. The third kappa shape index (κ3) is 2.26. The van der Waals surface area contributed by atoms with Crippen molar-refractivity contribution in [3.63, 3.8) is 0 Å². The number of nitrogens with two attached hydrogens (primary N) is 1. The number of aromatic nitrogens is 3. The van der Waals surface area contributed by atoms with E-state index >= 15 is 0 Å². The lowest BCUT2D eigenvalue weighted by molar-refractivity contribution is 0.918. The molecule has 6 heteroatoms. The second-order valence-electron chi connectivity index (χ2n) is 3.73. The van der Waals surface area contributed by atoms with Crippen molar-refractivity contribution in [1.82, 2.24) is 14.8 Å². The summed E-state index contributed by atoms with van der Waals surface area (Å²) >= 11 is 4.84. The van der Waals surface area contributed by atoms with Crippen LogP contribution in [0.15, 0.2) is 24.5 Å². The molecule has 2 aromatic rings. The fourth-order valence-corrected chi connectivity index (χ4v) is 1.78. The number of rotatable bonds is 2. The van der Waals surface area contributed by atoms with Crippen LogP contribution >= 0.6 is 12.2 Å². The van der Waals surface area contributed by atoms with Crippen molar-refractivity contribution in [3.8, 4) is 11.4 Å². The molecule has 3 N–H and O–H groups in total. The zero-order chi connectivity index (χ0) is 12.4. The van der Waals surface area contributed by atoms with Crippen LogP contribution < -0.4 is 11.1 Å². The predicted octanol–water partition coefficient (Wildman–Crippen LogP) is 1.45. The van der Waals surface area contributed by atoms with Crippen LogP contribution in [0.2, 0.25) is 0 Å². The molecule has 1 aromatic carbocycles. The fraction of sp³-hybridized carbons (Fsp3) is 0.182. The van der Waals surface area contributed by atoms with Crippen LogP contribution in [-0.4, -0.2) is 19.9 Å². The van der Waals surface area contributed by atoms with E-state index in [1.54, 1.807) is 6.33 Å². The monoisotopic (exact) mass is 247 g/mol. The number of anilines is 1. The molecule has 0 aliphatic carbocycles. The third-order valence-electron chi connectivity index (χ3n) is 2.54. The van der Waals surface area contributed by atoms with Crippen LogP contribution in [0.25, 0.3) is 11.4 Å². The van der Waals surface area contributed by atoms with Gasteiger partial charge in [-0.3, -0.25) is 0 Å². The van der Waals surface area contributed by atoms with Crippen molar-refractivity contribution >= 4 is 23.0 Å². The Morgan fingerprint density at radius 2 is 2.24 bits per heavy atom. The number of thiocarbonyl (C=S) groups is 1. The highest BCUT2D eigenvalue weighted by molar-refractivity contribution is 7.80. The molecule has 0 amide bonds. The Morgan fingerprint density at radius 3 is 2.82 bits per heavy atom. The van der Waals surface area contributed by atoms with Crippen molar-refractivity contribution < 1.29 is 0 Å². The van der Waals surface area contributed by atoms with Gasteiger partial charge in [0.15, 0.2) is 10.9 Å². The van der Waals surface area contributed by atoms with Crippen LogP contribution in [-0.2, 0) is 7.05 Å². The first-order valence-electron chi connectivity index (χ1n) is 5.10. The van der Waals surface area contributed by atoms with Gasteiger partial charge in [0.05, 0.1) is 0 Å². The minimum Gasteiger partial charge on any atom is -0.376 e. The van der Waals surface area contributed by atoms with Gasteiger partial charge < -0.3 is 15.6 Å². The summed E-state index contributed by atoms with van der Waals surface area (Å²) < 4.78 is 1.87. The number of nitrogens with zero attached hydrogens (tertiary/aromatic N) is 3. The summed E-state index contributed by atoms with van der Waals surface area (Å²) in [5, 5.41) is 11.2. The van der Waals surface area contributed by atoms with Crippen molar-refractivity contribution in [3.05, 3.63) is 30.1 Å². The molecular weight excluding hydrogens is 234 g/mol. The van der Waals surface area contributed by atoms with Crippen LogP contribution in [0.1, 0.15) is 5.56 Å². The van der Waals surface area contributed by atoms with Crippen LogP contribution in [0.3, 0.4) is 0 Å². The quantitative estimate of drug-likeness (QED) is 0.786. The molecule has 0 spiro atoms. The summed E-state index contributed by atoms with van der Waals surface area (Å²) in [4.78, 5) is 0. The minimum atomic E-state index is 0.253. The highest BCUT2D eigenvalue weighted by Crippen LogP contribution is 2.26. The minimum absolute atomic E-state index is 0.253. The lowest BCUT2D eigenvalue weighted by atomic mass is 10.1. The molecule has 0 bridgehead atoms. The first kappa shape index (κ1) is 11.5. The highest BCUT2D eigenvalue weighted by Gasteiger charge is 2.10. The summed E-state index contributed by atoms with van der Waals surface area (Å²) in [6, 6.07) is 5.84. The van der Waals surface area contributed by atoms with Gasteiger partial charge >= 0.3 is 0 Å². The Hall–Kier alpha value is -1.95. The Morgan fingerprint density at radius 1 is 1.47 bits per heavy atom. The van der Waals surface area contributed by atoms with Gasteiger partial charge in [-0.25, -0.2) is 0 Å². The van der Waals surface area contributed by atoms with E-state index in [2.05, 4.69) is 15.5 Å². The van der Waals surface area contributed by atoms with E-state index in [9.17, 15) is 0 Å². The first-order chi connectivity index (χ1) is 8.09. The van der Waals surface area contributed by atoms with E-state index in [1.165, 1.54) is 0 Å². The van der Waals surface area contributed by atoms with Crippen molar-refractivity contribution in [2.75, 3.05) is 5.32 Å². The van der Waals surface area contributed by atoms with E-state index in [4.69, 9.17) is 18.0 Å².